The van der Waals surface area contributed by atoms with E-state index in [1.807, 2.05) is 12.1 Å². The van der Waals surface area contributed by atoms with Crippen molar-refractivity contribution in [3.8, 4) is 11.1 Å². The van der Waals surface area contributed by atoms with Gasteiger partial charge in [0.25, 0.3) is 0 Å². The van der Waals surface area contributed by atoms with Crippen LogP contribution < -0.4 is 0 Å². The van der Waals surface area contributed by atoms with Gasteiger partial charge in [-0.25, -0.2) is 0 Å². The van der Waals surface area contributed by atoms with Gasteiger partial charge >= 0.3 is 5.97 Å². The van der Waals surface area contributed by atoms with Gasteiger partial charge in [-0.15, -0.1) is 0 Å². The number of nitrogens with zero attached hydrogens (tertiary/aromatic N) is 1. The Morgan fingerprint density at radius 1 is 0.852 bits per heavy atom. The lowest BCUT2D eigenvalue weighted by Gasteiger charge is -2.15. The van der Waals surface area contributed by atoms with Crippen LogP contribution in [0.2, 0.25) is 0 Å². The average Bonchev–Trinajstić information content (AvgIpc) is 3.11. The van der Waals surface area contributed by atoms with Crippen LogP contribution in [0.3, 0.4) is 0 Å². The van der Waals surface area contributed by atoms with Crippen molar-refractivity contribution in [3.63, 3.8) is 0 Å². The maximum Gasteiger partial charge on any atom is 0.309 e. The van der Waals surface area contributed by atoms with E-state index in [4.69, 9.17) is 4.74 Å². The number of esters is 1. The van der Waals surface area contributed by atoms with Crippen LogP contribution in [0.1, 0.15) is 22.3 Å². The van der Waals surface area contributed by atoms with Gasteiger partial charge < -0.3 is 4.74 Å². The zero-order valence-electron chi connectivity index (χ0n) is 15.5. The SMILES string of the molecule is COC(=O)Cc1ccc(-c2cccc(CN3Cc4ccccc4C3)c2)cc1. The summed E-state index contributed by atoms with van der Waals surface area (Å²) >= 11 is 0. The fourth-order valence-corrected chi connectivity index (χ4v) is 3.68. The van der Waals surface area contributed by atoms with Crippen molar-refractivity contribution in [3.05, 3.63) is 95.1 Å². The molecule has 27 heavy (non-hydrogen) atoms. The van der Waals surface area contributed by atoms with Gasteiger partial charge in [0.15, 0.2) is 0 Å². The number of hydrogen-bond donors (Lipinski definition) is 0. The molecule has 0 saturated heterocycles. The molecule has 1 aliphatic rings. The number of hydrogen-bond acceptors (Lipinski definition) is 3. The van der Waals surface area contributed by atoms with E-state index in [9.17, 15) is 4.79 Å². The van der Waals surface area contributed by atoms with Gasteiger partial charge in [-0.3, -0.25) is 9.69 Å². The maximum absolute atomic E-state index is 11.4. The molecule has 136 valence electrons. The van der Waals surface area contributed by atoms with Crippen molar-refractivity contribution in [2.24, 2.45) is 0 Å². The molecular weight excluding hydrogens is 334 g/mol. The van der Waals surface area contributed by atoms with E-state index in [-0.39, 0.29) is 5.97 Å². The Morgan fingerprint density at radius 3 is 2.22 bits per heavy atom. The molecule has 0 spiro atoms. The summed E-state index contributed by atoms with van der Waals surface area (Å²) in [5.74, 6) is -0.212. The number of fused-ring (bicyclic) bond motifs is 1. The Hall–Kier alpha value is -2.91. The highest BCUT2D eigenvalue weighted by Gasteiger charge is 2.18. The first kappa shape index (κ1) is 17.5. The second-order valence-electron chi connectivity index (χ2n) is 7.06. The number of rotatable bonds is 5. The molecular formula is C24H23NO2. The lowest BCUT2D eigenvalue weighted by atomic mass is 10.0. The van der Waals surface area contributed by atoms with Gasteiger partial charge in [0, 0.05) is 19.6 Å². The zero-order chi connectivity index (χ0) is 18.6. The highest BCUT2D eigenvalue weighted by atomic mass is 16.5. The van der Waals surface area contributed by atoms with Crippen molar-refractivity contribution < 1.29 is 9.53 Å². The predicted octanol–water partition coefficient (Wildman–Crippen LogP) is 4.58. The third kappa shape index (κ3) is 4.09. The Bertz CT molecular complexity index is 922. The minimum Gasteiger partial charge on any atom is -0.469 e. The van der Waals surface area contributed by atoms with Crippen LogP contribution in [0.25, 0.3) is 11.1 Å². The topological polar surface area (TPSA) is 29.5 Å². The first-order valence-corrected chi connectivity index (χ1v) is 9.25. The van der Waals surface area contributed by atoms with E-state index in [1.54, 1.807) is 0 Å². The molecule has 0 bridgehead atoms. The van der Waals surface area contributed by atoms with Crippen molar-refractivity contribution in [1.82, 2.24) is 4.90 Å². The third-order valence-corrected chi connectivity index (χ3v) is 5.10. The minimum absolute atomic E-state index is 0.212. The minimum atomic E-state index is -0.212. The molecule has 0 unspecified atom stereocenters. The Balaban J connectivity index is 1.46. The summed E-state index contributed by atoms with van der Waals surface area (Å²) in [6.45, 7) is 2.98. The number of ether oxygens (including phenoxy) is 1. The molecule has 0 aromatic heterocycles. The monoisotopic (exact) mass is 357 g/mol. The van der Waals surface area contributed by atoms with Crippen LogP contribution in [-0.2, 0) is 35.6 Å². The molecule has 3 nitrogen and oxygen atoms in total. The van der Waals surface area contributed by atoms with Crippen LogP contribution in [-0.4, -0.2) is 18.0 Å². The summed E-state index contributed by atoms with van der Waals surface area (Å²) in [4.78, 5) is 13.9. The molecule has 0 amide bonds. The highest BCUT2D eigenvalue weighted by molar-refractivity contribution is 5.73. The lowest BCUT2D eigenvalue weighted by molar-refractivity contribution is -0.139. The van der Waals surface area contributed by atoms with Crippen LogP contribution in [0.15, 0.2) is 72.8 Å². The molecule has 0 aliphatic carbocycles. The molecule has 3 heteroatoms. The van der Waals surface area contributed by atoms with Gasteiger partial charge in [0.1, 0.15) is 0 Å². The average molecular weight is 357 g/mol. The van der Waals surface area contributed by atoms with Gasteiger partial charge in [-0.1, -0.05) is 66.7 Å². The summed E-state index contributed by atoms with van der Waals surface area (Å²) < 4.78 is 4.73. The second kappa shape index (κ2) is 7.77. The Labute approximate surface area is 160 Å². The molecule has 3 aromatic carbocycles. The first-order valence-electron chi connectivity index (χ1n) is 9.25. The molecule has 0 N–H and O–H groups in total. The second-order valence-corrected chi connectivity index (χ2v) is 7.06. The van der Waals surface area contributed by atoms with E-state index < -0.39 is 0 Å². The van der Waals surface area contributed by atoms with Gasteiger partial charge in [0.2, 0.25) is 0 Å². The van der Waals surface area contributed by atoms with Crippen molar-refractivity contribution in [1.29, 1.82) is 0 Å². The largest absolute Gasteiger partial charge is 0.469 e. The van der Waals surface area contributed by atoms with Gasteiger partial charge in [0.05, 0.1) is 13.5 Å². The maximum atomic E-state index is 11.4. The summed E-state index contributed by atoms with van der Waals surface area (Å²) in [5, 5.41) is 0. The fourth-order valence-electron chi connectivity index (χ4n) is 3.68. The molecule has 4 rings (SSSR count). The Morgan fingerprint density at radius 2 is 1.56 bits per heavy atom. The van der Waals surface area contributed by atoms with Crippen LogP contribution in [0, 0.1) is 0 Å². The van der Waals surface area contributed by atoms with E-state index in [2.05, 4.69) is 65.6 Å². The Kier molecular flexibility index (Phi) is 5.03. The predicted molar refractivity (Wildman–Crippen MR) is 107 cm³/mol. The number of methoxy groups -OCH3 is 1. The van der Waals surface area contributed by atoms with Gasteiger partial charge in [-0.2, -0.15) is 0 Å². The van der Waals surface area contributed by atoms with Crippen LogP contribution in [0.4, 0.5) is 0 Å². The molecule has 0 atom stereocenters. The zero-order valence-corrected chi connectivity index (χ0v) is 15.5. The molecule has 1 aliphatic heterocycles. The lowest BCUT2D eigenvalue weighted by Crippen LogP contribution is -2.15. The summed E-state index contributed by atoms with van der Waals surface area (Å²) in [5.41, 5.74) is 7.53. The standard InChI is InChI=1S/C24H23NO2/c1-27-24(26)14-18-9-11-20(12-10-18)21-8-4-5-19(13-21)15-25-16-22-6-2-3-7-23(22)17-25/h2-13H,14-17H2,1H3. The van der Waals surface area contributed by atoms with E-state index in [1.165, 1.54) is 29.4 Å². The smallest absolute Gasteiger partial charge is 0.309 e. The first-order chi connectivity index (χ1) is 13.2. The highest BCUT2D eigenvalue weighted by Crippen LogP contribution is 2.26. The molecule has 0 radical (unpaired) electrons. The third-order valence-electron chi connectivity index (χ3n) is 5.10. The normalized spacial score (nSPS) is 13.4. The molecule has 0 fully saturated rings. The van der Waals surface area contributed by atoms with E-state index in [0.717, 1.165) is 30.8 Å². The summed E-state index contributed by atoms with van der Waals surface area (Å²) in [6.07, 6.45) is 0.312. The number of benzene rings is 3. The van der Waals surface area contributed by atoms with Crippen LogP contribution in [0.5, 0.6) is 0 Å². The number of carbonyl (C=O) groups is 1. The van der Waals surface area contributed by atoms with E-state index in [0.29, 0.717) is 6.42 Å². The summed E-state index contributed by atoms with van der Waals surface area (Å²) in [7, 11) is 1.42. The van der Waals surface area contributed by atoms with Crippen molar-refractivity contribution in [2.45, 2.75) is 26.1 Å². The van der Waals surface area contributed by atoms with Crippen LogP contribution >= 0.6 is 0 Å². The number of carbonyl (C=O) groups excluding carboxylic acids is 1. The molecule has 3 aromatic rings. The molecule has 1 heterocycles. The quantitative estimate of drug-likeness (QED) is 0.626. The molecule has 0 saturated carbocycles. The van der Waals surface area contributed by atoms with Gasteiger partial charge in [-0.05, 0) is 39.4 Å². The van der Waals surface area contributed by atoms with Crippen molar-refractivity contribution in [2.75, 3.05) is 7.11 Å². The van der Waals surface area contributed by atoms with E-state index >= 15 is 0 Å². The summed E-state index contributed by atoms with van der Waals surface area (Å²) in [6, 6.07) is 25.5. The van der Waals surface area contributed by atoms with Crippen molar-refractivity contribution >= 4 is 5.97 Å². The fraction of sp³-hybridized carbons (Fsp3) is 0.208.